The van der Waals surface area contributed by atoms with Crippen LogP contribution in [0.5, 0.6) is 23.0 Å². The fraction of sp³-hybridized carbons (Fsp3) is 0.238. The predicted octanol–water partition coefficient (Wildman–Crippen LogP) is 3.65. The third-order valence-electron chi connectivity index (χ3n) is 4.14. The van der Waals surface area contributed by atoms with Crippen molar-refractivity contribution in [3.8, 4) is 29.1 Å². The Morgan fingerprint density at radius 3 is 2.72 bits per heavy atom. The van der Waals surface area contributed by atoms with Crippen molar-refractivity contribution in [3.63, 3.8) is 0 Å². The Morgan fingerprint density at radius 2 is 2.03 bits per heavy atom. The molecule has 29 heavy (non-hydrogen) atoms. The maximum atomic E-state index is 12.1. The summed E-state index contributed by atoms with van der Waals surface area (Å²) in [5.74, 6) is 1.71. The van der Waals surface area contributed by atoms with E-state index in [-0.39, 0.29) is 19.0 Å². The molecule has 0 saturated carbocycles. The van der Waals surface area contributed by atoms with Gasteiger partial charge in [0.05, 0.1) is 12.1 Å². The van der Waals surface area contributed by atoms with Crippen molar-refractivity contribution in [1.29, 1.82) is 5.26 Å². The van der Waals surface area contributed by atoms with Crippen molar-refractivity contribution >= 4 is 23.6 Å². The van der Waals surface area contributed by atoms with Gasteiger partial charge in [0, 0.05) is 14.1 Å². The van der Waals surface area contributed by atoms with Gasteiger partial charge in [-0.1, -0.05) is 17.7 Å². The van der Waals surface area contributed by atoms with Crippen LogP contribution in [0.2, 0.25) is 5.02 Å². The summed E-state index contributed by atoms with van der Waals surface area (Å²) in [6.07, 6.45) is 1.46. The summed E-state index contributed by atoms with van der Waals surface area (Å²) in [5.41, 5.74) is 1.41. The lowest BCUT2D eigenvalue weighted by Crippen LogP contribution is -2.22. The van der Waals surface area contributed by atoms with Crippen molar-refractivity contribution in [1.82, 2.24) is 4.90 Å². The van der Waals surface area contributed by atoms with Gasteiger partial charge in [-0.3, -0.25) is 4.79 Å². The zero-order chi connectivity index (χ0) is 21.0. The Hall–Kier alpha value is -3.37. The number of likely N-dealkylation sites (N-methyl/N-ethyl adjacent to an activating group) is 1. The maximum Gasteiger partial charge on any atom is 0.264 e. The topological polar surface area (TPSA) is 81.0 Å². The Morgan fingerprint density at radius 1 is 1.28 bits per heavy atom. The van der Waals surface area contributed by atoms with E-state index in [9.17, 15) is 10.1 Å². The summed E-state index contributed by atoms with van der Waals surface area (Å²) in [7, 11) is 4.64. The second-order valence-corrected chi connectivity index (χ2v) is 6.79. The van der Waals surface area contributed by atoms with Crippen LogP contribution in [0.25, 0.3) is 6.08 Å². The normalized spacial score (nSPS) is 12.3. The highest BCUT2D eigenvalue weighted by Crippen LogP contribution is 2.38. The van der Waals surface area contributed by atoms with Gasteiger partial charge in [0.25, 0.3) is 5.91 Å². The van der Waals surface area contributed by atoms with Gasteiger partial charge in [-0.25, -0.2) is 0 Å². The molecular weight excluding hydrogens is 396 g/mol. The molecule has 0 bridgehead atoms. The first-order valence-corrected chi connectivity index (χ1v) is 9.03. The number of rotatable bonds is 6. The van der Waals surface area contributed by atoms with Gasteiger partial charge in [0.1, 0.15) is 18.2 Å². The minimum Gasteiger partial charge on any atom is -0.493 e. The first-order chi connectivity index (χ1) is 13.9. The number of hydrogen-bond donors (Lipinski definition) is 0. The van der Waals surface area contributed by atoms with Crippen molar-refractivity contribution in [2.24, 2.45) is 0 Å². The fourth-order valence-electron chi connectivity index (χ4n) is 2.70. The number of carbonyl (C=O) groups excluding carboxylic acids is 1. The van der Waals surface area contributed by atoms with Crippen molar-refractivity contribution in [2.75, 3.05) is 28.0 Å². The molecule has 8 heteroatoms. The molecule has 0 saturated heterocycles. The van der Waals surface area contributed by atoms with Gasteiger partial charge < -0.3 is 23.8 Å². The van der Waals surface area contributed by atoms with Crippen LogP contribution in [0.4, 0.5) is 0 Å². The van der Waals surface area contributed by atoms with Crippen LogP contribution in [-0.2, 0) is 11.4 Å². The van der Waals surface area contributed by atoms with E-state index in [4.69, 9.17) is 30.5 Å². The highest BCUT2D eigenvalue weighted by atomic mass is 35.5. The van der Waals surface area contributed by atoms with Crippen LogP contribution in [0.1, 0.15) is 11.1 Å². The molecule has 150 valence electrons. The lowest BCUT2D eigenvalue weighted by atomic mass is 10.1. The molecule has 2 aromatic carbocycles. The molecule has 3 rings (SSSR count). The lowest BCUT2D eigenvalue weighted by molar-refractivity contribution is -0.124. The molecule has 0 aromatic heterocycles. The van der Waals surface area contributed by atoms with E-state index in [0.717, 1.165) is 5.56 Å². The third kappa shape index (κ3) is 4.55. The number of nitrogens with zero attached hydrogens (tertiary/aromatic N) is 2. The quantitative estimate of drug-likeness (QED) is 0.530. The molecule has 0 radical (unpaired) electrons. The smallest absolute Gasteiger partial charge is 0.264 e. The highest BCUT2D eigenvalue weighted by molar-refractivity contribution is 6.32. The van der Waals surface area contributed by atoms with Crippen LogP contribution in [-0.4, -0.2) is 38.8 Å². The molecule has 0 aliphatic carbocycles. The number of halogens is 1. The van der Waals surface area contributed by atoms with Gasteiger partial charge in [-0.15, -0.1) is 0 Å². The van der Waals surface area contributed by atoms with Crippen molar-refractivity contribution in [3.05, 3.63) is 52.1 Å². The second-order valence-electron chi connectivity index (χ2n) is 6.38. The molecule has 0 atom stereocenters. The van der Waals surface area contributed by atoms with E-state index in [1.54, 1.807) is 26.2 Å². The Labute approximate surface area is 173 Å². The van der Waals surface area contributed by atoms with Crippen LogP contribution >= 0.6 is 11.6 Å². The minimum absolute atomic E-state index is 0.0119. The van der Waals surface area contributed by atoms with Gasteiger partial charge in [-0.05, 0) is 41.5 Å². The van der Waals surface area contributed by atoms with Gasteiger partial charge in [-0.2, -0.15) is 5.26 Å². The van der Waals surface area contributed by atoms with E-state index in [0.29, 0.717) is 33.6 Å². The third-order valence-corrected chi connectivity index (χ3v) is 4.42. The Bertz CT molecular complexity index is 1010. The number of ether oxygens (including phenoxy) is 4. The largest absolute Gasteiger partial charge is 0.493 e. The number of benzene rings is 2. The van der Waals surface area contributed by atoms with Gasteiger partial charge in [0.15, 0.2) is 23.0 Å². The van der Waals surface area contributed by atoms with Crippen LogP contribution in [0, 0.1) is 11.3 Å². The lowest BCUT2D eigenvalue weighted by Gasteiger charge is -2.14. The molecule has 0 N–H and O–H groups in total. The van der Waals surface area contributed by atoms with Crippen LogP contribution < -0.4 is 18.9 Å². The molecule has 1 amide bonds. The number of fused-ring (bicyclic) bond motifs is 1. The van der Waals surface area contributed by atoms with Crippen molar-refractivity contribution < 1.29 is 23.7 Å². The van der Waals surface area contributed by atoms with E-state index in [2.05, 4.69) is 0 Å². The minimum atomic E-state index is -0.397. The average Bonchev–Trinajstić information content (AvgIpc) is 3.18. The second kappa shape index (κ2) is 8.76. The fourth-order valence-corrected chi connectivity index (χ4v) is 2.97. The molecular formula is C21H19ClN2O5. The maximum absolute atomic E-state index is 12.1. The Balaban J connectivity index is 1.83. The average molecular weight is 415 g/mol. The molecule has 1 aliphatic rings. The van der Waals surface area contributed by atoms with Crippen LogP contribution in [0.15, 0.2) is 35.9 Å². The molecule has 1 aliphatic heterocycles. The van der Waals surface area contributed by atoms with E-state index in [1.165, 1.54) is 18.1 Å². The first kappa shape index (κ1) is 20.4. The molecule has 0 unspecified atom stereocenters. The van der Waals surface area contributed by atoms with E-state index in [1.807, 2.05) is 24.3 Å². The number of nitriles is 1. The first-order valence-electron chi connectivity index (χ1n) is 8.65. The summed E-state index contributed by atoms with van der Waals surface area (Å²) in [5, 5.41) is 9.56. The van der Waals surface area contributed by atoms with Gasteiger partial charge >= 0.3 is 0 Å². The number of hydrogen-bond acceptors (Lipinski definition) is 6. The monoisotopic (exact) mass is 414 g/mol. The van der Waals surface area contributed by atoms with E-state index >= 15 is 0 Å². The molecule has 7 nitrogen and oxygen atoms in total. The van der Waals surface area contributed by atoms with Crippen LogP contribution in [0.3, 0.4) is 0 Å². The Kier molecular flexibility index (Phi) is 6.15. The zero-order valence-electron chi connectivity index (χ0n) is 16.2. The molecule has 0 spiro atoms. The summed E-state index contributed by atoms with van der Waals surface area (Å²) < 4.78 is 21.9. The zero-order valence-corrected chi connectivity index (χ0v) is 16.9. The number of amides is 1. The summed E-state index contributed by atoms with van der Waals surface area (Å²) in [4.78, 5) is 13.4. The summed E-state index contributed by atoms with van der Waals surface area (Å²) in [6.45, 7) is 0.444. The summed E-state index contributed by atoms with van der Waals surface area (Å²) in [6, 6.07) is 10.7. The van der Waals surface area contributed by atoms with E-state index < -0.39 is 5.91 Å². The summed E-state index contributed by atoms with van der Waals surface area (Å²) >= 11 is 6.38. The number of carbonyl (C=O) groups is 1. The molecule has 1 heterocycles. The molecule has 0 fully saturated rings. The predicted molar refractivity (Wildman–Crippen MR) is 107 cm³/mol. The number of methoxy groups -OCH3 is 1. The van der Waals surface area contributed by atoms with Gasteiger partial charge in [0.2, 0.25) is 6.79 Å². The standard InChI is InChI=1S/C21H19ClN2O5/c1-24(2)21(25)15(10-23)6-14-7-16(22)20(19(9-14)26-3)27-11-13-4-5-17-18(8-13)29-12-28-17/h4-9H,11-12H2,1-3H3/b15-6-. The highest BCUT2D eigenvalue weighted by Gasteiger charge is 2.17. The SMILES string of the molecule is COc1cc(/C=C(/C#N)C(=O)N(C)C)cc(Cl)c1OCc1ccc2c(c1)OCO2. The van der Waals surface area contributed by atoms with Crippen molar-refractivity contribution in [2.45, 2.75) is 6.61 Å². The molecule has 2 aromatic rings.